The molecule has 0 bridgehead atoms. The number of aromatic nitrogens is 2. The van der Waals surface area contributed by atoms with Gasteiger partial charge >= 0.3 is 5.69 Å². The number of benzene rings is 3. The van der Waals surface area contributed by atoms with Crippen LogP contribution in [-0.2, 0) is 24.1 Å². The van der Waals surface area contributed by atoms with Crippen molar-refractivity contribution in [2.75, 3.05) is 11.8 Å². The maximum absolute atomic E-state index is 13.1. The number of hydrogen-bond donors (Lipinski definition) is 1. The molecule has 0 aliphatic rings. The van der Waals surface area contributed by atoms with Gasteiger partial charge in [0, 0.05) is 20.2 Å². The highest BCUT2D eigenvalue weighted by Crippen LogP contribution is 2.36. The molecule has 0 aliphatic heterocycles. The van der Waals surface area contributed by atoms with E-state index in [1.807, 2.05) is 0 Å². The van der Waals surface area contributed by atoms with E-state index in [9.17, 15) is 13.2 Å². The molecular weight excluding hydrogens is 454 g/mol. The van der Waals surface area contributed by atoms with Crippen LogP contribution in [0.4, 0.5) is 5.69 Å². The number of ether oxygens (including phenoxy) is 2. The molecule has 4 aromatic rings. The van der Waals surface area contributed by atoms with Crippen molar-refractivity contribution in [3.63, 3.8) is 0 Å². The molecule has 0 radical (unpaired) electrons. The number of rotatable bonds is 6. The fourth-order valence-electron chi connectivity index (χ4n) is 3.32. The lowest BCUT2D eigenvalue weighted by Gasteiger charge is -2.15. The second-order valence-electron chi connectivity index (χ2n) is 7.05. The van der Waals surface area contributed by atoms with Gasteiger partial charge in [-0.2, -0.15) is 0 Å². The molecule has 0 aliphatic carbocycles. The first-order chi connectivity index (χ1) is 15.2. The predicted octanol–water partition coefficient (Wildman–Crippen LogP) is 4.13. The molecular formula is C22H20ClN3O5S. The summed E-state index contributed by atoms with van der Waals surface area (Å²) in [7, 11) is 0.773. The summed E-state index contributed by atoms with van der Waals surface area (Å²) in [6.07, 6.45) is 0. The fraction of sp³-hybridized carbons (Fsp3) is 0.136. The second kappa shape index (κ2) is 8.25. The Balaban J connectivity index is 1.85. The molecule has 0 saturated carbocycles. The van der Waals surface area contributed by atoms with Crippen LogP contribution in [0.15, 0.2) is 70.4 Å². The number of nitrogens with one attached hydrogen (secondary N) is 1. The molecule has 0 atom stereocenters. The molecule has 1 N–H and O–H groups in total. The zero-order valence-electron chi connectivity index (χ0n) is 17.5. The van der Waals surface area contributed by atoms with Gasteiger partial charge in [0.25, 0.3) is 10.0 Å². The lowest BCUT2D eigenvalue weighted by atomic mass is 10.2. The van der Waals surface area contributed by atoms with Gasteiger partial charge in [0.1, 0.15) is 16.4 Å². The number of hydrogen-bond acceptors (Lipinski definition) is 5. The van der Waals surface area contributed by atoms with Gasteiger partial charge in [-0.05, 0) is 42.5 Å². The Kier molecular flexibility index (Phi) is 5.62. The minimum Gasteiger partial charge on any atom is -0.497 e. The summed E-state index contributed by atoms with van der Waals surface area (Å²) in [5.74, 6) is 1.33. The lowest BCUT2D eigenvalue weighted by Crippen LogP contribution is -2.19. The quantitative estimate of drug-likeness (QED) is 0.454. The molecule has 4 rings (SSSR count). The van der Waals surface area contributed by atoms with Crippen LogP contribution in [0.5, 0.6) is 17.2 Å². The molecule has 0 amide bonds. The average Bonchev–Trinajstić information content (AvgIpc) is 2.98. The van der Waals surface area contributed by atoms with E-state index in [-0.39, 0.29) is 27.0 Å². The van der Waals surface area contributed by atoms with E-state index in [0.29, 0.717) is 22.5 Å². The standard InChI is InChI=1S/C22H20ClN3O5S/c1-25-18-12-17(24-32(28,29)21-7-5-4-6-16(21)23)20(13-19(18)26(2)22(25)27)31-15-10-8-14(30-3)9-11-15/h4-13,24H,1-3H3. The van der Waals surface area contributed by atoms with Crippen molar-refractivity contribution in [1.82, 2.24) is 9.13 Å². The molecule has 0 unspecified atom stereocenters. The smallest absolute Gasteiger partial charge is 0.328 e. The SMILES string of the molecule is COc1ccc(Oc2cc3c(cc2NS(=O)(=O)c2ccccc2Cl)n(C)c(=O)n3C)cc1. The summed E-state index contributed by atoms with van der Waals surface area (Å²) >= 11 is 6.11. The highest BCUT2D eigenvalue weighted by molar-refractivity contribution is 7.92. The average molecular weight is 474 g/mol. The van der Waals surface area contributed by atoms with Gasteiger partial charge in [0.05, 0.1) is 28.9 Å². The van der Waals surface area contributed by atoms with Crippen LogP contribution in [0.1, 0.15) is 0 Å². The minimum atomic E-state index is -4.03. The van der Waals surface area contributed by atoms with Gasteiger partial charge < -0.3 is 9.47 Å². The fourth-order valence-corrected chi connectivity index (χ4v) is 4.91. The second-order valence-corrected chi connectivity index (χ2v) is 9.11. The molecule has 8 nitrogen and oxygen atoms in total. The number of halogens is 1. The van der Waals surface area contributed by atoms with Crippen LogP contribution in [-0.4, -0.2) is 24.7 Å². The summed E-state index contributed by atoms with van der Waals surface area (Å²) in [5.41, 5.74) is 1.04. The molecule has 0 fully saturated rings. The van der Waals surface area contributed by atoms with Crippen molar-refractivity contribution >= 4 is 38.3 Å². The van der Waals surface area contributed by atoms with Crippen LogP contribution >= 0.6 is 11.6 Å². The van der Waals surface area contributed by atoms with E-state index < -0.39 is 10.0 Å². The number of aryl methyl sites for hydroxylation is 2. The summed E-state index contributed by atoms with van der Waals surface area (Å²) < 4.78 is 42.7. The number of methoxy groups -OCH3 is 1. The van der Waals surface area contributed by atoms with Crippen LogP contribution in [0, 0.1) is 0 Å². The third-order valence-electron chi connectivity index (χ3n) is 5.03. The molecule has 32 heavy (non-hydrogen) atoms. The molecule has 0 spiro atoms. The van der Waals surface area contributed by atoms with Crippen molar-refractivity contribution < 1.29 is 17.9 Å². The highest BCUT2D eigenvalue weighted by atomic mass is 35.5. The monoisotopic (exact) mass is 473 g/mol. The molecule has 1 heterocycles. The van der Waals surface area contributed by atoms with E-state index in [1.165, 1.54) is 21.3 Å². The van der Waals surface area contributed by atoms with Crippen molar-refractivity contribution in [2.24, 2.45) is 14.1 Å². The Morgan fingerprint density at radius 2 is 1.50 bits per heavy atom. The third-order valence-corrected chi connectivity index (χ3v) is 6.90. The topological polar surface area (TPSA) is 91.6 Å². The van der Waals surface area contributed by atoms with Crippen molar-refractivity contribution in [2.45, 2.75) is 4.90 Å². The molecule has 0 saturated heterocycles. The van der Waals surface area contributed by atoms with Crippen LogP contribution in [0.3, 0.4) is 0 Å². The van der Waals surface area contributed by atoms with E-state index in [0.717, 1.165) is 0 Å². The first-order valence-electron chi connectivity index (χ1n) is 9.50. The summed E-state index contributed by atoms with van der Waals surface area (Å²) in [5, 5.41) is 0.0887. The van der Waals surface area contributed by atoms with E-state index in [1.54, 1.807) is 69.7 Å². The van der Waals surface area contributed by atoms with Gasteiger partial charge in [0.15, 0.2) is 5.75 Å². The normalized spacial score (nSPS) is 11.5. The zero-order valence-corrected chi connectivity index (χ0v) is 19.1. The maximum atomic E-state index is 13.1. The van der Waals surface area contributed by atoms with E-state index >= 15 is 0 Å². The van der Waals surface area contributed by atoms with Crippen molar-refractivity contribution in [1.29, 1.82) is 0 Å². The Morgan fingerprint density at radius 1 is 0.906 bits per heavy atom. The number of fused-ring (bicyclic) bond motifs is 1. The van der Waals surface area contributed by atoms with Gasteiger partial charge in [-0.1, -0.05) is 23.7 Å². The lowest BCUT2D eigenvalue weighted by molar-refractivity contribution is 0.413. The van der Waals surface area contributed by atoms with E-state index in [2.05, 4.69) is 4.72 Å². The highest BCUT2D eigenvalue weighted by Gasteiger charge is 2.22. The third kappa shape index (κ3) is 3.92. The number of sulfonamides is 1. The van der Waals surface area contributed by atoms with Crippen LogP contribution in [0.25, 0.3) is 11.0 Å². The minimum absolute atomic E-state index is 0.0703. The van der Waals surface area contributed by atoms with Gasteiger partial charge in [-0.15, -0.1) is 0 Å². The Bertz CT molecular complexity index is 1470. The van der Waals surface area contributed by atoms with Crippen LogP contribution < -0.4 is 19.9 Å². The molecule has 3 aromatic carbocycles. The first kappa shape index (κ1) is 21.8. The Morgan fingerprint density at radius 3 is 2.12 bits per heavy atom. The van der Waals surface area contributed by atoms with Gasteiger partial charge in [-0.25, -0.2) is 13.2 Å². The van der Waals surface area contributed by atoms with Gasteiger partial charge in [0.2, 0.25) is 0 Å². The molecule has 10 heteroatoms. The van der Waals surface area contributed by atoms with Gasteiger partial charge in [-0.3, -0.25) is 13.9 Å². The summed E-state index contributed by atoms with van der Waals surface area (Å²) in [6, 6.07) is 16.1. The summed E-state index contributed by atoms with van der Waals surface area (Å²) in [6.45, 7) is 0. The summed E-state index contributed by atoms with van der Waals surface area (Å²) in [4.78, 5) is 12.3. The predicted molar refractivity (Wildman–Crippen MR) is 123 cm³/mol. The van der Waals surface area contributed by atoms with Crippen LogP contribution in [0.2, 0.25) is 5.02 Å². The maximum Gasteiger partial charge on any atom is 0.328 e. The first-order valence-corrected chi connectivity index (χ1v) is 11.4. The Labute approximate surface area is 189 Å². The number of nitrogens with zero attached hydrogens (tertiary/aromatic N) is 2. The molecule has 1 aromatic heterocycles. The Hall–Kier alpha value is -3.43. The van der Waals surface area contributed by atoms with Crippen molar-refractivity contribution in [3.05, 3.63) is 76.2 Å². The number of imidazole rings is 1. The zero-order chi connectivity index (χ0) is 23.0. The van der Waals surface area contributed by atoms with E-state index in [4.69, 9.17) is 21.1 Å². The number of anilines is 1. The molecule has 166 valence electrons. The van der Waals surface area contributed by atoms with Crippen molar-refractivity contribution in [3.8, 4) is 17.2 Å². The largest absolute Gasteiger partial charge is 0.497 e.